The molecule has 1 aromatic heterocycles. The van der Waals surface area contributed by atoms with Gasteiger partial charge in [0.05, 0.1) is 43.2 Å². The maximum atomic E-state index is 14.1. The smallest absolute Gasteiger partial charge is 0.338 e. The van der Waals surface area contributed by atoms with E-state index in [1.807, 2.05) is 0 Å². The molecule has 1 aliphatic rings. The zero-order valence-electron chi connectivity index (χ0n) is 24.1. The van der Waals surface area contributed by atoms with Crippen LogP contribution in [-0.4, -0.2) is 84.1 Å². The Morgan fingerprint density at radius 1 is 0.935 bits per heavy atom. The van der Waals surface area contributed by atoms with Gasteiger partial charge in [-0.25, -0.2) is 13.9 Å². The summed E-state index contributed by atoms with van der Waals surface area (Å²) in [5.74, 6) is -5.77. The molecule has 0 spiro atoms. The molecule has 8 N–H and O–H groups in total. The number of fused-ring (bicyclic) bond motifs is 1. The fourth-order valence-corrected chi connectivity index (χ4v) is 4.94. The van der Waals surface area contributed by atoms with Crippen LogP contribution in [0.15, 0.2) is 48.7 Å². The highest BCUT2D eigenvalue weighted by molar-refractivity contribution is 5.90. The summed E-state index contributed by atoms with van der Waals surface area (Å²) in [7, 11) is 0. The van der Waals surface area contributed by atoms with Gasteiger partial charge >= 0.3 is 5.97 Å². The van der Waals surface area contributed by atoms with Gasteiger partial charge in [0.25, 0.3) is 0 Å². The summed E-state index contributed by atoms with van der Waals surface area (Å²) in [6.45, 7) is 1.26. The molecule has 0 saturated heterocycles. The number of benzene rings is 3. The number of hydrogen-bond acceptors (Lipinski definition) is 14. The quantitative estimate of drug-likeness (QED) is 0.0668. The van der Waals surface area contributed by atoms with Crippen LogP contribution in [0.4, 0.5) is 4.39 Å². The summed E-state index contributed by atoms with van der Waals surface area (Å²) in [5.41, 5.74) is 5.69. The molecule has 244 valence electrons. The number of hydrogen-bond donors (Lipinski definition) is 7. The summed E-state index contributed by atoms with van der Waals surface area (Å²) < 4.78 is 38.9. The van der Waals surface area contributed by atoms with Crippen molar-refractivity contribution in [2.75, 3.05) is 26.4 Å². The molecule has 0 aliphatic carbocycles. The van der Waals surface area contributed by atoms with Crippen LogP contribution in [-0.2, 0) is 27.2 Å². The third-order valence-electron chi connectivity index (χ3n) is 6.99. The molecule has 0 fully saturated rings. The predicted octanol–water partition coefficient (Wildman–Crippen LogP) is 2.29. The van der Waals surface area contributed by atoms with Crippen molar-refractivity contribution in [3.63, 3.8) is 0 Å². The second kappa shape index (κ2) is 13.8. The number of nitrogens with zero attached hydrogens (tertiary/aromatic N) is 3. The number of esters is 1. The van der Waals surface area contributed by atoms with E-state index in [4.69, 9.17) is 24.7 Å². The maximum absolute atomic E-state index is 14.1. The molecule has 46 heavy (non-hydrogen) atoms. The van der Waals surface area contributed by atoms with Crippen molar-refractivity contribution in [2.45, 2.75) is 31.3 Å². The molecule has 0 saturated carbocycles. The number of ether oxygens (including phenoxy) is 4. The molecular formula is C30H31FN4O11. The number of rotatable bonds is 12. The molecule has 5 rings (SSSR count). The van der Waals surface area contributed by atoms with Crippen LogP contribution in [0.2, 0.25) is 0 Å². The number of phenols is 6. The fraction of sp³-hybridized carbons (Fsp3) is 0.300. The van der Waals surface area contributed by atoms with Crippen LogP contribution in [0.1, 0.15) is 39.4 Å². The first-order valence-electron chi connectivity index (χ1n) is 14.0. The minimum atomic E-state index is -1.50. The average molecular weight is 643 g/mol. The van der Waals surface area contributed by atoms with E-state index in [0.717, 1.165) is 36.4 Å². The van der Waals surface area contributed by atoms with Crippen LogP contribution in [0.3, 0.4) is 0 Å². The minimum absolute atomic E-state index is 0.00690. The average Bonchev–Trinajstić information content (AvgIpc) is 3.45. The van der Waals surface area contributed by atoms with Crippen molar-refractivity contribution in [3.05, 3.63) is 76.9 Å². The summed E-state index contributed by atoms with van der Waals surface area (Å²) in [6.07, 6.45) is -2.05. The minimum Gasteiger partial charge on any atom is -0.508 e. The van der Waals surface area contributed by atoms with E-state index in [9.17, 15) is 39.8 Å². The largest absolute Gasteiger partial charge is 0.508 e. The van der Waals surface area contributed by atoms with E-state index in [2.05, 4.69) is 10.3 Å². The van der Waals surface area contributed by atoms with Gasteiger partial charge in [0.1, 0.15) is 34.9 Å². The Labute approximate surface area is 260 Å². The number of aromatic hydroxyl groups is 6. The normalized spacial score (nSPS) is 17.3. The molecule has 2 heterocycles. The zero-order chi connectivity index (χ0) is 33.0. The van der Waals surface area contributed by atoms with Crippen LogP contribution < -0.4 is 10.5 Å². The van der Waals surface area contributed by atoms with Crippen molar-refractivity contribution in [1.82, 2.24) is 15.0 Å². The second-order valence-corrected chi connectivity index (χ2v) is 10.3. The molecule has 3 atom stereocenters. The van der Waals surface area contributed by atoms with E-state index in [1.165, 1.54) is 10.7 Å². The van der Waals surface area contributed by atoms with Gasteiger partial charge in [-0.1, -0.05) is 5.21 Å². The third kappa shape index (κ3) is 7.14. The van der Waals surface area contributed by atoms with Gasteiger partial charge in [-0.2, -0.15) is 0 Å². The Morgan fingerprint density at radius 2 is 1.67 bits per heavy atom. The van der Waals surface area contributed by atoms with Crippen LogP contribution in [0.25, 0.3) is 0 Å². The van der Waals surface area contributed by atoms with Gasteiger partial charge in [-0.15, -0.1) is 5.10 Å². The first-order valence-corrected chi connectivity index (χ1v) is 14.0. The highest BCUT2D eigenvalue weighted by Gasteiger charge is 2.45. The molecule has 0 radical (unpaired) electrons. The van der Waals surface area contributed by atoms with Crippen LogP contribution in [0.5, 0.6) is 40.2 Å². The number of carbonyl (C=O) groups is 1. The Balaban J connectivity index is 1.48. The number of nitrogens with two attached hydrogens (primary N) is 1. The van der Waals surface area contributed by atoms with Crippen molar-refractivity contribution in [3.8, 4) is 40.2 Å². The number of carbonyl (C=O) groups excluding carboxylic acids is 1. The Morgan fingerprint density at radius 3 is 2.39 bits per heavy atom. The summed E-state index contributed by atoms with van der Waals surface area (Å²) in [4.78, 5) is 13.3. The molecule has 4 aromatic rings. The molecule has 0 bridgehead atoms. The lowest BCUT2D eigenvalue weighted by atomic mass is 9.90. The molecule has 16 heteroatoms. The number of halogens is 1. The fourth-order valence-electron chi connectivity index (χ4n) is 4.94. The van der Waals surface area contributed by atoms with Gasteiger partial charge in [0, 0.05) is 42.9 Å². The SMILES string of the molecule is NCCOCCc1cn(CCOC2c3c(O)cc(O)cc3OC(c3cc(O)c(O)c(O)c3)C2OC(=O)c2cc(O)cc(F)c2)nn1. The van der Waals surface area contributed by atoms with E-state index < -0.39 is 58.8 Å². The Kier molecular flexibility index (Phi) is 9.60. The number of phenolic OH excluding ortho intramolecular Hbond substituents is 6. The molecule has 0 amide bonds. The van der Waals surface area contributed by atoms with E-state index >= 15 is 0 Å². The third-order valence-corrected chi connectivity index (χ3v) is 6.99. The Hall–Kier alpha value is -5.32. The van der Waals surface area contributed by atoms with E-state index in [0.29, 0.717) is 31.9 Å². The summed E-state index contributed by atoms with van der Waals surface area (Å²) in [6, 6.07) is 6.91. The second-order valence-electron chi connectivity index (χ2n) is 10.3. The van der Waals surface area contributed by atoms with Gasteiger partial charge in [-0.05, 0) is 24.3 Å². The van der Waals surface area contributed by atoms with E-state index in [1.54, 1.807) is 6.20 Å². The molecule has 3 unspecified atom stereocenters. The topological polar surface area (TPSA) is 232 Å². The monoisotopic (exact) mass is 642 g/mol. The highest BCUT2D eigenvalue weighted by atomic mass is 19.1. The lowest BCUT2D eigenvalue weighted by molar-refractivity contribution is -0.112. The summed E-state index contributed by atoms with van der Waals surface area (Å²) in [5, 5.41) is 69.5. The number of aromatic nitrogens is 3. The van der Waals surface area contributed by atoms with Crippen molar-refractivity contribution in [2.24, 2.45) is 5.73 Å². The van der Waals surface area contributed by atoms with Gasteiger partial charge in [-0.3, -0.25) is 0 Å². The molecule has 1 aliphatic heterocycles. The van der Waals surface area contributed by atoms with Crippen LogP contribution in [0, 0.1) is 5.82 Å². The van der Waals surface area contributed by atoms with E-state index in [-0.39, 0.29) is 41.3 Å². The molecule has 15 nitrogen and oxygen atoms in total. The van der Waals surface area contributed by atoms with Crippen LogP contribution >= 0.6 is 0 Å². The van der Waals surface area contributed by atoms with Crippen molar-refractivity contribution in [1.29, 1.82) is 0 Å². The first-order chi connectivity index (χ1) is 22.0. The predicted molar refractivity (Wildman–Crippen MR) is 154 cm³/mol. The lowest BCUT2D eigenvalue weighted by Gasteiger charge is -2.39. The van der Waals surface area contributed by atoms with Crippen molar-refractivity contribution < 1.29 is 58.8 Å². The molecular weight excluding hydrogens is 611 g/mol. The molecule has 3 aromatic carbocycles. The highest BCUT2D eigenvalue weighted by Crippen LogP contribution is 2.51. The maximum Gasteiger partial charge on any atom is 0.338 e. The standard InChI is InChI=1S/C30H31FN4O11/c31-17-7-16(8-19(36)11-17)30(42)46-29-27(15-9-22(39)26(41)23(40)10-15)45-24-13-20(37)12-21(38)25(24)28(29)44-6-3-35-14-18(33-34-35)1-4-43-5-2-32/h7-14,27-29,36-41H,1-6,32H2. The van der Waals surface area contributed by atoms with Crippen molar-refractivity contribution >= 4 is 5.97 Å². The lowest BCUT2D eigenvalue weighted by Crippen LogP contribution is -2.40. The van der Waals surface area contributed by atoms with Gasteiger partial charge < -0.3 is 55.3 Å². The van der Waals surface area contributed by atoms with Gasteiger partial charge in [0.15, 0.2) is 29.5 Å². The zero-order valence-corrected chi connectivity index (χ0v) is 24.1. The Bertz CT molecular complexity index is 1670. The summed E-state index contributed by atoms with van der Waals surface area (Å²) >= 11 is 0. The first kappa shape index (κ1) is 32.1. The van der Waals surface area contributed by atoms with Gasteiger partial charge in [0.2, 0.25) is 0 Å².